The minimum Gasteiger partial charge on any atom is -0.493 e. The van der Waals surface area contributed by atoms with Crippen LogP contribution >= 0.6 is 23.4 Å². The average Bonchev–Trinajstić information content (AvgIpc) is 3.57. The summed E-state index contributed by atoms with van der Waals surface area (Å²) in [5, 5.41) is 13.7. The number of nitrogens with zero attached hydrogens (tertiary/aromatic N) is 3. The summed E-state index contributed by atoms with van der Waals surface area (Å²) < 4.78 is 20.3. The molecule has 152 valence electrons. The highest BCUT2D eigenvalue weighted by Crippen LogP contribution is 2.37. The van der Waals surface area contributed by atoms with Crippen molar-refractivity contribution in [3.8, 4) is 11.8 Å². The molecule has 1 aliphatic carbocycles. The van der Waals surface area contributed by atoms with Crippen molar-refractivity contribution in [1.82, 2.24) is 20.3 Å². The fraction of sp³-hybridized carbons (Fsp3) is 0.350. The van der Waals surface area contributed by atoms with Crippen LogP contribution in [0.15, 0.2) is 35.5 Å². The lowest BCUT2D eigenvalue weighted by molar-refractivity contribution is 0.242. The Morgan fingerprint density at radius 1 is 1.28 bits per heavy atom. The molecule has 0 spiro atoms. The molecule has 1 saturated carbocycles. The first kappa shape index (κ1) is 20.1. The lowest BCUT2D eigenvalue weighted by Crippen LogP contribution is -2.36. The number of rotatable bonds is 8. The Morgan fingerprint density at radius 2 is 2.03 bits per heavy atom. The molecule has 0 aliphatic heterocycles. The van der Waals surface area contributed by atoms with Crippen molar-refractivity contribution in [2.45, 2.75) is 30.6 Å². The van der Waals surface area contributed by atoms with Crippen molar-refractivity contribution in [3.63, 3.8) is 0 Å². The zero-order chi connectivity index (χ0) is 20.4. The van der Waals surface area contributed by atoms with E-state index in [9.17, 15) is 9.50 Å². The summed E-state index contributed by atoms with van der Waals surface area (Å²) >= 11 is 7.13. The molecular weight excluding hydrogens is 415 g/mol. The number of fused-ring (bicyclic) bond motifs is 1. The third-order valence-corrected chi connectivity index (χ3v) is 5.65. The minimum absolute atomic E-state index is 0.0299. The molecule has 0 amide bonds. The maximum atomic E-state index is 14.4. The largest absolute Gasteiger partial charge is 0.493 e. The highest BCUT2D eigenvalue weighted by Gasteiger charge is 2.32. The van der Waals surface area contributed by atoms with Gasteiger partial charge in [0, 0.05) is 12.6 Å². The van der Waals surface area contributed by atoms with Gasteiger partial charge in [-0.2, -0.15) is 9.97 Å². The number of hydrogen-bond donors (Lipinski definition) is 2. The summed E-state index contributed by atoms with van der Waals surface area (Å²) in [4.78, 5) is 12.1. The lowest BCUT2D eigenvalue weighted by atomic mass is 10.1. The van der Waals surface area contributed by atoms with Crippen molar-refractivity contribution in [3.05, 3.63) is 46.9 Å². The molecule has 6 nitrogen and oxygen atoms in total. The fourth-order valence-electron chi connectivity index (χ4n) is 3.15. The second-order valence-electron chi connectivity index (χ2n) is 6.90. The predicted octanol–water partition coefficient (Wildman–Crippen LogP) is 4.19. The number of pyridine rings is 1. The summed E-state index contributed by atoms with van der Waals surface area (Å²) in [6, 6.07) is 10.2. The number of aromatic hydroxyl groups is 1. The number of ether oxygens (including phenoxy) is 1. The van der Waals surface area contributed by atoms with E-state index >= 15 is 0 Å². The van der Waals surface area contributed by atoms with Gasteiger partial charge >= 0.3 is 0 Å². The standard InChI is InChI=1S/C20H20ClFN4O2S/c1-29-20-24-16-14(18(27)26-20)19(25-17(21)15(16)22)28-10-13(12-7-8-12)23-9-11-5-3-2-4-6-11/h2-6,12-13,23H,7-10H2,1H3,(H,24,26,27)/t13-/m1/s1. The molecule has 1 atom stereocenters. The van der Waals surface area contributed by atoms with Crippen molar-refractivity contribution >= 4 is 34.3 Å². The van der Waals surface area contributed by atoms with Gasteiger partial charge in [0.2, 0.25) is 11.8 Å². The van der Waals surface area contributed by atoms with Crippen LogP contribution in [0.5, 0.6) is 11.8 Å². The Morgan fingerprint density at radius 3 is 2.72 bits per heavy atom. The molecule has 4 rings (SSSR count). The number of aromatic nitrogens is 3. The van der Waals surface area contributed by atoms with Gasteiger partial charge in [-0.05, 0) is 30.6 Å². The normalized spacial score (nSPS) is 14.9. The fourth-order valence-corrected chi connectivity index (χ4v) is 3.67. The zero-order valence-corrected chi connectivity index (χ0v) is 17.3. The average molecular weight is 435 g/mol. The van der Waals surface area contributed by atoms with Crippen LogP contribution in [0.4, 0.5) is 4.39 Å². The van der Waals surface area contributed by atoms with Crippen LogP contribution in [-0.2, 0) is 6.54 Å². The van der Waals surface area contributed by atoms with E-state index < -0.39 is 5.82 Å². The molecule has 3 aromatic rings. The quantitative estimate of drug-likeness (QED) is 0.312. The smallest absolute Gasteiger partial charge is 0.230 e. The van der Waals surface area contributed by atoms with Crippen molar-refractivity contribution in [2.75, 3.05) is 12.9 Å². The number of hydrogen-bond acceptors (Lipinski definition) is 7. The number of halogens is 2. The van der Waals surface area contributed by atoms with Crippen LogP contribution in [0.1, 0.15) is 18.4 Å². The van der Waals surface area contributed by atoms with Crippen LogP contribution in [-0.4, -0.2) is 39.0 Å². The first-order valence-electron chi connectivity index (χ1n) is 9.26. The summed E-state index contributed by atoms with van der Waals surface area (Å²) in [5.41, 5.74) is 1.08. The van der Waals surface area contributed by atoms with E-state index in [1.165, 1.54) is 17.3 Å². The predicted molar refractivity (Wildman–Crippen MR) is 111 cm³/mol. The van der Waals surface area contributed by atoms with Crippen molar-refractivity contribution in [1.29, 1.82) is 0 Å². The van der Waals surface area contributed by atoms with E-state index in [-0.39, 0.29) is 39.0 Å². The highest BCUT2D eigenvalue weighted by molar-refractivity contribution is 7.98. The van der Waals surface area contributed by atoms with Crippen LogP contribution in [0, 0.1) is 11.7 Å². The summed E-state index contributed by atoms with van der Waals surface area (Å²) in [6.07, 6.45) is 3.98. The van der Waals surface area contributed by atoms with E-state index in [1.54, 1.807) is 6.26 Å². The Labute approximate surface area is 176 Å². The molecular formula is C20H20ClFN4O2S. The van der Waals surface area contributed by atoms with Crippen LogP contribution < -0.4 is 10.1 Å². The molecule has 1 aromatic carbocycles. The Hall–Kier alpha value is -2.16. The van der Waals surface area contributed by atoms with Gasteiger partial charge in [-0.3, -0.25) is 0 Å². The molecule has 2 heterocycles. The molecule has 29 heavy (non-hydrogen) atoms. The molecule has 1 fully saturated rings. The lowest BCUT2D eigenvalue weighted by Gasteiger charge is -2.19. The Kier molecular flexibility index (Phi) is 6.03. The monoisotopic (exact) mass is 434 g/mol. The molecule has 2 aromatic heterocycles. The van der Waals surface area contributed by atoms with E-state index in [0.29, 0.717) is 12.5 Å². The molecule has 0 bridgehead atoms. The molecule has 2 N–H and O–H groups in total. The zero-order valence-electron chi connectivity index (χ0n) is 15.7. The number of benzene rings is 1. The van der Waals surface area contributed by atoms with Gasteiger partial charge in [-0.1, -0.05) is 53.7 Å². The maximum Gasteiger partial charge on any atom is 0.230 e. The highest BCUT2D eigenvalue weighted by atomic mass is 35.5. The van der Waals surface area contributed by atoms with E-state index in [4.69, 9.17) is 16.3 Å². The summed E-state index contributed by atoms with van der Waals surface area (Å²) in [5.74, 6) is -0.641. The van der Waals surface area contributed by atoms with Gasteiger partial charge in [0.15, 0.2) is 16.1 Å². The van der Waals surface area contributed by atoms with Gasteiger partial charge in [-0.15, -0.1) is 0 Å². The van der Waals surface area contributed by atoms with Crippen molar-refractivity contribution < 1.29 is 14.2 Å². The van der Waals surface area contributed by atoms with Gasteiger partial charge in [-0.25, -0.2) is 9.37 Å². The van der Waals surface area contributed by atoms with Crippen molar-refractivity contribution in [2.24, 2.45) is 5.92 Å². The van der Waals surface area contributed by atoms with E-state index in [2.05, 4.69) is 32.4 Å². The molecule has 1 aliphatic rings. The van der Waals surface area contributed by atoms with Gasteiger partial charge in [0.1, 0.15) is 17.5 Å². The minimum atomic E-state index is -0.803. The molecule has 0 saturated heterocycles. The Balaban J connectivity index is 1.55. The van der Waals surface area contributed by atoms with E-state index in [0.717, 1.165) is 19.4 Å². The Bertz CT molecular complexity index is 1020. The third kappa shape index (κ3) is 4.55. The van der Waals surface area contributed by atoms with E-state index in [1.807, 2.05) is 18.2 Å². The number of thioether (sulfide) groups is 1. The third-order valence-electron chi connectivity index (χ3n) is 4.86. The van der Waals surface area contributed by atoms with Gasteiger partial charge in [0.25, 0.3) is 0 Å². The summed E-state index contributed by atoms with van der Waals surface area (Å²) in [7, 11) is 0. The molecule has 0 radical (unpaired) electrons. The topological polar surface area (TPSA) is 80.2 Å². The second kappa shape index (κ2) is 8.69. The first-order valence-corrected chi connectivity index (χ1v) is 10.9. The molecule has 9 heteroatoms. The van der Waals surface area contributed by atoms with Gasteiger partial charge < -0.3 is 15.2 Å². The SMILES string of the molecule is CSc1nc(O)c2c(OC[C@@H](NCc3ccccc3)C3CC3)nc(Cl)c(F)c2n1. The number of nitrogens with one attached hydrogen (secondary N) is 1. The van der Waals surface area contributed by atoms with Crippen LogP contribution in [0.3, 0.4) is 0 Å². The summed E-state index contributed by atoms with van der Waals surface area (Å²) in [6.45, 7) is 1.03. The molecule has 0 unspecified atom stereocenters. The van der Waals surface area contributed by atoms with Crippen LogP contribution in [0.2, 0.25) is 5.15 Å². The first-order chi connectivity index (χ1) is 14.1. The van der Waals surface area contributed by atoms with Gasteiger partial charge in [0.05, 0.1) is 0 Å². The second-order valence-corrected chi connectivity index (χ2v) is 8.03. The van der Waals surface area contributed by atoms with Crippen LogP contribution in [0.25, 0.3) is 10.9 Å². The maximum absolute atomic E-state index is 14.4.